The molecule has 8 nitrogen and oxygen atoms in total. The first-order valence-electron chi connectivity index (χ1n) is 6.25. The summed E-state index contributed by atoms with van der Waals surface area (Å²) in [6.45, 7) is 3.32. The normalized spacial score (nSPS) is 16.6. The quantitative estimate of drug-likeness (QED) is 0.724. The van der Waals surface area contributed by atoms with E-state index in [1.54, 1.807) is 0 Å². The van der Waals surface area contributed by atoms with Gasteiger partial charge in [0.05, 0.1) is 11.9 Å². The average Bonchev–Trinajstić information content (AvgIpc) is 2.42. The Hall–Kier alpha value is -2.19. The second-order valence-electron chi connectivity index (χ2n) is 4.59. The number of hydrogen-bond donors (Lipinski definition) is 3. The topological polar surface area (TPSA) is 97.8 Å². The summed E-state index contributed by atoms with van der Waals surface area (Å²) < 4.78 is 0. The summed E-state index contributed by atoms with van der Waals surface area (Å²) in [7, 11) is 2.03. The number of likely N-dealkylation sites (N-methyl/N-ethyl adjacent to an activating group) is 1. The van der Waals surface area contributed by atoms with Crippen LogP contribution in [0.25, 0.3) is 0 Å². The number of aromatic nitrogens is 1. The number of anilines is 1. The Balaban J connectivity index is 1.83. The van der Waals surface area contributed by atoms with Crippen LogP contribution in [0.1, 0.15) is 10.5 Å². The Bertz CT molecular complexity index is 482. The lowest BCUT2D eigenvalue weighted by molar-refractivity contribution is 0.0690. The van der Waals surface area contributed by atoms with Gasteiger partial charge in [0, 0.05) is 26.2 Å². The van der Waals surface area contributed by atoms with Crippen molar-refractivity contribution in [1.82, 2.24) is 20.3 Å². The molecule has 20 heavy (non-hydrogen) atoms. The number of carbonyl (C=O) groups is 2. The molecule has 0 bridgehead atoms. The van der Waals surface area contributed by atoms with Crippen molar-refractivity contribution in [3.8, 4) is 0 Å². The maximum Gasteiger partial charge on any atom is 0.354 e. The number of carboxylic acid groups (broad SMARTS) is 1. The van der Waals surface area contributed by atoms with Gasteiger partial charge in [-0.2, -0.15) is 0 Å². The van der Waals surface area contributed by atoms with Crippen LogP contribution in [-0.2, 0) is 0 Å². The molecular formula is C12H17N5O3. The molecular weight excluding hydrogens is 262 g/mol. The molecule has 1 aromatic heterocycles. The lowest BCUT2D eigenvalue weighted by Gasteiger charge is -2.32. The van der Waals surface area contributed by atoms with E-state index in [2.05, 4.69) is 20.6 Å². The third-order valence-corrected chi connectivity index (χ3v) is 3.00. The lowest BCUT2D eigenvalue weighted by Crippen LogP contribution is -2.53. The molecule has 1 aromatic rings. The van der Waals surface area contributed by atoms with Crippen molar-refractivity contribution >= 4 is 17.7 Å². The van der Waals surface area contributed by atoms with Crippen LogP contribution in [0.4, 0.5) is 10.5 Å². The number of carbonyl (C=O) groups excluding carboxylic acids is 1. The van der Waals surface area contributed by atoms with E-state index in [1.807, 2.05) is 12.1 Å². The van der Waals surface area contributed by atoms with Crippen LogP contribution in [0.3, 0.4) is 0 Å². The van der Waals surface area contributed by atoms with E-state index in [1.165, 1.54) is 18.3 Å². The molecule has 0 saturated carbocycles. The van der Waals surface area contributed by atoms with Gasteiger partial charge in [0.25, 0.3) is 0 Å². The van der Waals surface area contributed by atoms with Gasteiger partial charge in [-0.3, -0.25) is 5.43 Å². The minimum absolute atomic E-state index is 0.0602. The highest BCUT2D eigenvalue weighted by Gasteiger charge is 2.15. The Morgan fingerprint density at radius 2 is 1.95 bits per heavy atom. The van der Waals surface area contributed by atoms with Gasteiger partial charge in [0.1, 0.15) is 5.69 Å². The molecule has 2 heterocycles. The molecule has 0 aliphatic carbocycles. The Labute approximate surface area is 116 Å². The molecule has 0 aromatic carbocycles. The summed E-state index contributed by atoms with van der Waals surface area (Å²) in [5, 5.41) is 13.2. The molecule has 3 N–H and O–H groups in total. The maximum absolute atomic E-state index is 11.8. The van der Waals surface area contributed by atoms with Gasteiger partial charge in [-0.1, -0.05) is 0 Å². The van der Waals surface area contributed by atoms with Crippen LogP contribution in [0.2, 0.25) is 0 Å². The van der Waals surface area contributed by atoms with E-state index < -0.39 is 5.97 Å². The molecule has 2 rings (SSSR count). The van der Waals surface area contributed by atoms with E-state index in [0.717, 1.165) is 26.2 Å². The fourth-order valence-electron chi connectivity index (χ4n) is 1.82. The zero-order valence-corrected chi connectivity index (χ0v) is 11.2. The second kappa shape index (κ2) is 6.31. The number of pyridine rings is 1. The summed E-state index contributed by atoms with van der Waals surface area (Å²) in [6.07, 6.45) is 1.31. The van der Waals surface area contributed by atoms with E-state index in [0.29, 0.717) is 5.69 Å². The molecule has 1 saturated heterocycles. The maximum atomic E-state index is 11.8. The smallest absolute Gasteiger partial charge is 0.354 e. The Morgan fingerprint density at radius 3 is 2.50 bits per heavy atom. The van der Waals surface area contributed by atoms with Crippen molar-refractivity contribution in [2.45, 2.75) is 0 Å². The Morgan fingerprint density at radius 1 is 1.25 bits per heavy atom. The average molecular weight is 279 g/mol. The zero-order chi connectivity index (χ0) is 14.5. The van der Waals surface area contributed by atoms with Crippen LogP contribution < -0.4 is 10.7 Å². The molecule has 0 unspecified atom stereocenters. The number of amides is 2. The van der Waals surface area contributed by atoms with Gasteiger partial charge < -0.3 is 15.3 Å². The van der Waals surface area contributed by atoms with Crippen LogP contribution >= 0.6 is 0 Å². The molecule has 108 valence electrons. The van der Waals surface area contributed by atoms with Gasteiger partial charge in [-0.25, -0.2) is 19.6 Å². The van der Waals surface area contributed by atoms with Crippen LogP contribution in [0.15, 0.2) is 18.3 Å². The fraction of sp³-hybridized carbons (Fsp3) is 0.417. The van der Waals surface area contributed by atoms with Gasteiger partial charge in [-0.15, -0.1) is 0 Å². The van der Waals surface area contributed by atoms with Crippen molar-refractivity contribution in [3.63, 3.8) is 0 Å². The van der Waals surface area contributed by atoms with Crippen molar-refractivity contribution in [2.75, 3.05) is 38.5 Å². The minimum Gasteiger partial charge on any atom is -0.477 e. The number of piperazine rings is 1. The third kappa shape index (κ3) is 3.90. The summed E-state index contributed by atoms with van der Waals surface area (Å²) in [6, 6.07) is 2.48. The molecule has 0 atom stereocenters. The van der Waals surface area contributed by atoms with Crippen LogP contribution in [-0.4, -0.2) is 65.2 Å². The van der Waals surface area contributed by atoms with Gasteiger partial charge in [-0.05, 0) is 19.2 Å². The molecule has 0 spiro atoms. The van der Waals surface area contributed by atoms with Crippen molar-refractivity contribution in [2.24, 2.45) is 0 Å². The number of hydrazine groups is 1. The third-order valence-electron chi connectivity index (χ3n) is 3.00. The molecule has 1 aliphatic rings. The summed E-state index contributed by atoms with van der Waals surface area (Å²) in [5.74, 6) is -1.10. The van der Waals surface area contributed by atoms with Gasteiger partial charge in [0.15, 0.2) is 0 Å². The summed E-state index contributed by atoms with van der Waals surface area (Å²) >= 11 is 0. The number of hydrogen-bond acceptors (Lipinski definition) is 5. The summed E-state index contributed by atoms with van der Waals surface area (Å²) in [5.41, 5.74) is 3.12. The lowest BCUT2D eigenvalue weighted by atomic mass is 10.3. The Kier molecular flexibility index (Phi) is 4.49. The first-order chi connectivity index (χ1) is 9.54. The molecule has 8 heteroatoms. The van der Waals surface area contributed by atoms with Gasteiger partial charge >= 0.3 is 12.0 Å². The monoisotopic (exact) mass is 279 g/mol. The molecule has 1 aliphatic heterocycles. The first kappa shape index (κ1) is 14.2. The van der Waals surface area contributed by atoms with Crippen molar-refractivity contribution < 1.29 is 14.7 Å². The highest BCUT2D eigenvalue weighted by Crippen LogP contribution is 2.06. The highest BCUT2D eigenvalue weighted by atomic mass is 16.4. The number of nitrogens with one attached hydrogen (secondary N) is 2. The number of rotatable bonds is 3. The largest absolute Gasteiger partial charge is 0.477 e. The fourth-order valence-corrected chi connectivity index (χ4v) is 1.82. The standard InChI is InChI=1S/C12H17N5O3/c1-16-4-6-17(7-5-16)15-12(20)14-9-2-3-10(11(18)19)13-8-9/h2-3,8H,4-7H2,1H3,(H,18,19)(H2,14,15,20). The van der Waals surface area contributed by atoms with E-state index in [-0.39, 0.29) is 11.7 Å². The number of urea groups is 1. The minimum atomic E-state index is -1.10. The molecule has 2 amide bonds. The number of aromatic carboxylic acids is 1. The number of nitrogens with zero attached hydrogens (tertiary/aromatic N) is 3. The highest BCUT2D eigenvalue weighted by molar-refractivity contribution is 5.90. The number of carboxylic acids is 1. The van der Waals surface area contributed by atoms with E-state index >= 15 is 0 Å². The second-order valence-corrected chi connectivity index (χ2v) is 4.59. The predicted octanol–water partition coefficient (Wildman–Crippen LogP) is 0.0637. The van der Waals surface area contributed by atoms with Gasteiger partial charge in [0.2, 0.25) is 0 Å². The van der Waals surface area contributed by atoms with Crippen LogP contribution in [0.5, 0.6) is 0 Å². The SMILES string of the molecule is CN1CCN(NC(=O)Nc2ccc(C(=O)O)nc2)CC1. The first-order valence-corrected chi connectivity index (χ1v) is 6.25. The van der Waals surface area contributed by atoms with E-state index in [4.69, 9.17) is 5.11 Å². The van der Waals surface area contributed by atoms with Crippen molar-refractivity contribution in [3.05, 3.63) is 24.0 Å². The zero-order valence-electron chi connectivity index (χ0n) is 11.2. The predicted molar refractivity (Wildman–Crippen MR) is 72.4 cm³/mol. The van der Waals surface area contributed by atoms with E-state index in [9.17, 15) is 9.59 Å². The molecule has 0 radical (unpaired) electrons. The summed E-state index contributed by atoms with van der Waals surface area (Å²) in [4.78, 5) is 28.3. The van der Waals surface area contributed by atoms with Crippen molar-refractivity contribution in [1.29, 1.82) is 0 Å². The molecule has 1 fully saturated rings. The van der Waals surface area contributed by atoms with Crippen LogP contribution in [0, 0.1) is 0 Å².